The third-order valence-electron chi connectivity index (χ3n) is 2.16. The van der Waals surface area contributed by atoms with E-state index >= 15 is 0 Å². The highest BCUT2D eigenvalue weighted by atomic mass is 127. The van der Waals surface area contributed by atoms with Crippen molar-refractivity contribution in [1.29, 1.82) is 0 Å². The molecule has 1 aromatic rings. The number of rotatable bonds is 4. The van der Waals surface area contributed by atoms with Crippen LogP contribution in [0.5, 0.6) is 5.75 Å². The molecular formula is C11H14ClI2NO3. The van der Waals surface area contributed by atoms with E-state index < -0.39 is 6.04 Å². The lowest BCUT2D eigenvalue weighted by Gasteiger charge is -2.13. The van der Waals surface area contributed by atoms with E-state index in [2.05, 4.69) is 0 Å². The second kappa shape index (κ2) is 8.39. The van der Waals surface area contributed by atoms with Crippen molar-refractivity contribution < 1.29 is 14.6 Å². The first-order valence-corrected chi connectivity index (χ1v) is 7.20. The van der Waals surface area contributed by atoms with Crippen molar-refractivity contribution in [2.75, 3.05) is 6.61 Å². The molecule has 0 saturated heterocycles. The van der Waals surface area contributed by atoms with Gasteiger partial charge in [0, 0.05) is 6.04 Å². The Hall–Kier alpha value is 0.200. The van der Waals surface area contributed by atoms with Crippen molar-refractivity contribution >= 4 is 63.6 Å². The quantitative estimate of drug-likeness (QED) is 0.496. The van der Waals surface area contributed by atoms with Gasteiger partial charge in [-0.25, -0.2) is 0 Å². The monoisotopic (exact) mass is 497 g/mol. The van der Waals surface area contributed by atoms with Gasteiger partial charge in [0.25, 0.3) is 0 Å². The van der Waals surface area contributed by atoms with Gasteiger partial charge in [-0.05, 0) is 69.8 Å². The van der Waals surface area contributed by atoms with Gasteiger partial charge in [-0.3, -0.25) is 4.79 Å². The molecule has 1 atom stereocenters. The fraction of sp³-hybridized carbons (Fsp3) is 0.364. The van der Waals surface area contributed by atoms with Crippen LogP contribution in [0.4, 0.5) is 0 Å². The summed E-state index contributed by atoms with van der Waals surface area (Å²) in [4.78, 5) is 11.3. The van der Waals surface area contributed by atoms with Crippen LogP contribution in [-0.4, -0.2) is 17.7 Å². The first-order valence-electron chi connectivity index (χ1n) is 5.04. The maximum Gasteiger partial charge on any atom is 0.307 e. The van der Waals surface area contributed by atoms with Crippen LogP contribution in [0, 0.1) is 7.14 Å². The molecule has 1 rings (SSSR count). The van der Waals surface area contributed by atoms with Crippen molar-refractivity contribution in [3.63, 3.8) is 0 Å². The Morgan fingerprint density at radius 2 is 1.94 bits per heavy atom. The van der Waals surface area contributed by atoms with E-state index in [1.807, 2.05) is 45.2 Å². The Morgan fingerprint density at radius 3 is 2.39 bits per heavy atom. The molecule has 7 heteroatoms. The minimum Gasteiger partial charge on any atom is -0.506 e. The third-order valence-corrected chi connectivity index (χ3v) is 3.80. The number of hydrogen-bond donors (Lipinski definition) is 2. The highest BCUT2D eigenvalue weighted by molar-refractivity contribution is 14.1. The Balaban J connectivity index is 0.00000289. The van der Waals surface area contributed by atoms with Gasteiger partial charge in [0.05, 0.1) is 20.2 Å². The van der Waals surface area contributed by atoms with Crippen LogP contribution in [0.1, 0.15) is 24.9 Å². The molecule has 0 aliphatic rings. The number of carbonyl (C=O) groups excluding carboxylic acids is 1. The summed E-state index contributed by atoms with van der Waals surface area (Å²) in [5, 5.41) is 9.63. The van der Waals surface area contributed by atoms with Crippen molar-refractivity contribution in [1.82, 2.24) is 0 Å². The van der Waals surface area contributed by atoms with E-state index in [0.29, 0.717) is 6.61 Å². The topological polar surface area (TPSA) is 72.5 Å². The molecule has 0 aliphatic carbocycles. The SMILES string of the molecule is CCOC(=O)C[C@@H](N)c1cc(I)c(O)c(I)c1.Cl. The zero-order valence-electron chi connectivity index (χ0n) is 9.65. The molecular weight excluding hydrogens is 483 g/mol. The van der Waals surface area contributed by atoms with Gasteiger partial charge in [-0.15, -0.1) is 12.4 Å². The number of nitrogens with two attached hydrogens (primary N) is 1. The van der Waals surface area contributed by atoms with Crippen molar-refractivity contribution in [2.45, 2.75) is 19.4 Å². The van der Waals surface area contributed by atoms with Gasteiger partial charge in [0.15, 0.2) is 0 Å². The summed E-state index contributed by atoms with van der Waals surface area (Å²) in [5.74, 6) is -0.0589. The van der Waals surface area contributed by atoms with Crippen LogP contribution in [0.2, 0.25) is 0 Å². The van der Waals surface area contributed by atoms with Crippen LogP contribution >= 0.6 is 57.6 Å². The van der Waals surface area contributed by atoms with Gasteiger partial charge in [0.2, 0.25) is 0 Å². The first-order chi connectivity index (χ1) is 7.95. The van der Waals surface area contributed by atoms with E-state index in [4.69, 9.17) is 10.5 Å². The number of carbonyl (C=O) groups is 1. The van der Waals surface area contributed by atoms with E-state index in [1.54, 1.807) is 19.1 Å². The molecule has 0 aliphatic heterocycles. The number of phenolic OH excluding ortho intramolecular Hbond substituents is 1. The summed E-state index contributed by atoms with van der Waals surface area (Å²) in [7, 11) is 0. The Labute approximate surface area is 139 Å². The predicted octanol–water partition coefficient (Wildman–Crippen LogP) is 2.98. The summed E-state index contributed by atoms with van der Waals surface area (Å²) in [6.07, 6.45) is 0.144. The van der Waals surface area contributed by atoms with Gasteiger partial charge in [-0.2, -0.15) is 0 Å². The first kappa shape index (κ1) is 18.2. The highest BCUT2D eigenvalue weighted by Crippen LogP contribution is 2.29. The average Bonchev–Trinajstić information content (AvgIpc) is 2.25. The normalized spacial score (nSPS) is 11.6. The minimum absolute atomic E-state index is 0. The molecule has 0 spiro atoms. The molecule has 102 valence electrons. The summed E-state index contributed by atoms with van der Waals surface area (Å²) >= 11 is 4.07. The number of ether oxygens (including phenoxy) is 1. The van der Waals surface area contributed by atoms with Gasteiger partial charge in [-0.1, -0.05) is 0 Å². The Bertz CT molecular complexity index is 406. The molecule has 4 nitrogen and oxygen atoms in total. The van der Waals surface area contributed by atoms with Crippen LogP contribution < -0.4 is 5.73 Å². The molecule has 0 bridgehead atoms. The molecule has 0 fully saturated rings. The molecule has 0 amide bonds. The Kier molecular flexibility index (Phi) is 8.48. The summed E-state index contributed by atoms with van der Waals surface area (Å²) in [6, 6.07) is 3.15. The number of halogens is 3. The van der Waals surface area contributed by atoms with Crippen LogP contribution in [0.25, 0.3) is 0 Å². The largest absolute Gasteiger partial charge is 0.506 e. The fourth-order valence-electron chi connectivity index (χ4n) is 1.32. The lowest BCUT2D eigenvalue weighted by molar-refractivity contribution is -0.143. The van der Waals surface area contributed by atoms with Gasteiger partial charge < -0.3 is 15.6 Å². The molecule has 0 radical (unpaired) electrons. The van der Waals surface area contributed by atoms with Crippen LogP contribution in [0.15, 0.2) is 12.1 Å². The number of hydrogen-bond acceptors (Lipinski definition) is 4. The molecule has 0 saturated carbocycles. The highest BCUT2D eigenvalue weighted by Gasteiger charge is 2.15. The second-order valence-electron chi connectivity index (χ2n) is 3.45. The van der Waals surface area contributed by atoms with E-state index in [9.17, 15) is 9.90 Å². The van der Waals surface area contributed by atoms with Crippen molar-refractivity contribution in [3.05, 3.63) is 24.8 Å². The maximum atomic E-state index is 11.3. The molecule has 18 heavy (non-hydrogen) atoms. The van der Waals surface area contributed by atoms with Crippen molar-refractivity contribution in [3.8, 4) is 5.75 Å². The lowest BCUT2D eigenvalue weighted by Crippen LogP contribution is -2.17. The maximum absolute atomic E-state index is 11.3. The number of benzene rings is 1. The Morgan fingerprint density at radius 1 is 1.44 bits per heavy atom. The number of phenols is 1. The summed E-state index contributed by atoms with van der Waals surface area (Å²) in [6.45, 7) is 2.12. The number of esters is 1. The van der Waals surface area contributed by atoms with E-state index in [0.717, 1.165) is 12.7 Å². The van der Waals surface area contributed by atoms with Crippen LogP contribution in [0.3, 0.4) is 0 Å². The minimum atomic E-state index is -0.406. The third kappa shape index (κ3) is 5.06. The standard InChI is InChI=1S/C11H13I2NO3.ClH/c1-2-17-10(15)5-9(14)6-3-7(12)11(16)8(13)4-6;/h3-4,9,16H,2,5,14H2,1H3;1H/t9-;/m1./s1. The molecule has 1 aromatic carbocycles. The van der Waals surface area contributed by atoms with E-state index in [1.165, 1.54) is 0 Å². The van der Waals surface area contributed by atoms with Crippen molar-refractivity contribution in [2.24, 2.45) is 5.73 Å². The zero-order chi connectivity index (χ0) is 13.0. The smallest absolute Gasteiger partial charge is 0.307 e. The van der Waals surface area contributed by atoms with Gasteiger partial charge in [0.1, 0.15) is 5.75 Å². The molecule has 3 N–H and O–H groups in total. The average molecular weight is 497 g/mol. The lowest BCUT2D eigenvalue weighted by atomic mass is 10.0. The molecule has 0 heterocycles. The van der Waals surface area contributed by atoms with E-state index in [-0.39, 0.29) is 30.5 Å². The number of aromatic hydroxyl groups is 1. The second-order valence-corrected chi connectivity index (χ2v) is 5.77. The van der Waals surface area contributed by atoms with Gasteiger partial charge >= 0.3 is 5.97 Å². The zero-order valence-corrected chi connectivity index (χ0v) is 14.8. The van der Waals surface area contributed by atoms with Crippen LogP contribution in [-0.2, 0) is 9.53 Å². The molecule has 0 aromatic heterocycles. The predicted molar refractivity (Wildman–Crippen MR) is 89.0 cm³/mol. The molecule has 0 unspecified atom stereocenters. The summed E-state index contributed by atoms with van der Waals surface area (Å²) in [5.41, 5.74) is 6.75. The fourth-order valence-corrected chi connectivity index (χ4v) is 3.13. The summed E-state index contributed by atoms with van der Waals surface area (Å²) < 4.78 is 6.30.